The largest absolute Gasteiger partial charge is 0.481 e. The fourth-order valence-corrected chi connectivity index (χ4v) is 5.29. The monoisotopic (exact) mass is 485 g/mol. The molecule has 1 saturated heterocycles. The third-order valence-corrected chi connectivity index (χ3v) is 7.30. The van der Waals surface area contributed by atoms with Gasteiger partial charge in [-0.3, -0.25) is 24.0 Å². The highest BCUT2D eigenvalue weighted by Gasteiger charge is 2.41. The van der Waals surface area contributed by atoms with Crippen molar-refractivity contribution in [3.63, 3.8) is 0 Å². The standard InChI is InChI=1S/C25H28FN3O4S/c1-16(30)34-22-9-11-28(15-18(22)14-19-8-12-29(27-19)13-10-23(31)32)24(25(33)17-6-7-17)20-4-2-3-5-21(20)26/h2-5,8,12,14,17,22,24H,6-7,9-11,13,15H2,1H3,(H,31,32)/b18-14+/t22-,24?/m1/s1. The molecule has 1 aromatic carbocycles. The van der Waals surface area contributed by atoms with E-state index in [-0.39, 0.29) is 40.8 Å². The molecule has 2 aromatic rings. The lowest BCUT2D eigenvalue weighted by molar-refractivity contribution is -0.137. The highest BCUT2D eigenvalue weighted by Crippen LogP contribution is 2.40. The molecule has 2 aliphatic rings. The molecule has 4 rings (SSSR count). The van der Waals surface area contributed by atoms with Crippen molar-refractivity contribution >= 4 is 34.7 Å². The normalized spacial score (nSPS) is 20.9. The Balaban J connectivity index is 1.62. The third-order valence-electron chi connectivity index (χ3n) is 6.15. The van der Waals surface area contributed by atoms with E-state index in [0.717, 1.165) is 18.4 Å². The van der Waals surface area contributed by atoms with Gasteiger partial charge in [-0.2, -0.15) is 5.10 Å². The molecular weight excluding hydrogens is 457 g/mol. The van der Waals surface area contributed by atoms with Crippen LogP contribution in [0.5, 0.6) is 0 Å². The fourth-order valence-electron chi connectivity index (χ4n) is 4.37. The zero-order valence-electron chi connectivity index (χ0n) is 19.0. The molecule has 1 aliphatic heterocycles. The van der Waals surface area contributed by atoms with Crippen molar-refractivity contribution in [2.24, 2.45) is 5.92 Å². The van der Waals surface area contributed by atoms with E-state index in [0.29, 0.717) is 30.8 Å². The number of piperidine rings is 1. The minimum atomic E-state index is -0.893. The first-order valence-corrected chi connectivity index (χ1v) is 12.3. The Morgan fingerprint density at radius 1 is 1.24 bits per heavy atom. The molecule has 0 radical (unpaired) electrons. The molecule has 1 unspecified atom stereocenters. The van der Waals surface area contributed by atoms with Gasteiger partial charge in [0.2, 0.25) is 0 Å². The first-order chi connectivity index (χ1) is 16.3. The molecule has 7 nitrogen and oxygen atoms in total. The van der Waals surface area contributed by atoms with Crippen molar-refractivity contribution < 1.29 is 23.9 Å². The van der Waals surface area contributed by atoms with Crippen molar-refractivity contribution in [2.75, 3.05) is 13.1 Å². The van der Waals surface area contributed by atoms with Crippen molar-refractivity contribution in [3.8, 4) is 0 Å². The molecule has 2 atom stereocenters. The first-order valence-electron chi connectivity index (χ1n) is 11.5. The quantitative estimate of drug-likeness (QED) is 0.575. The minimum Gasteiger partial charge on any atom is -0.481 e. The van der Waals surface area contributed by atoms with Crippen LogP contribution in [0.1, 0.15) is 49.9 Å². The van der Waals surface area contributed by atoms with Gasteiger partial charge < -0.3 is 5.11 Å². The van der Waals surface area contributed by atoms with Crippen LogP contribution in [0.3, 0.4) is 0 Å². The average Bonchev–Trinajstić information content (AvgIpc) is 3.55. The van der Waals surface area contributed by atoms with E-state index in [1.807, 2.05) is 11.0 Å². The Kier molecular flexibility index (Phi) is 7.63. The second-order valence-electron chi connectivity index (χ2n) is 8.82. The highest BCUT2D eigenvalue weighted by molar-refractivity contribution is 8.14. The van der Waals surface area contributed by atoms with Crippen molar-refractivity contribution in [2.45, 2.75) is 50.4 Å². The van der Waals surface area contributed by atoms with E-state index in [4.69, 9.17) is 5.11 Å². The van der Waals surface area contributed by atoms with Crippen LogP contribution in [0.15, 0.2) is 42.1 Å². The molecule has 9 heteroatoms. The zero-order chi connectivity index (χ0) is 24.2. The topological polar surface area (TPSA) is 92.5 Å². The number of nitrogens with zero attached hydrogens (tertiary/aromatic N) is 3. The van der Waals surface area contributed by atoms with Gasteiger partial charge in [0.15, 0.2) is 10.9 Å². The lowest BCUT2D eigenvalue weighted by atomic mass is 9.93. The molecule has 0 spiro atoms. The fraction of sp³-hybridized carbons (Fsp3) is 0.440. The number of thioether (sulfide) groups is 1. The number of ketones is 1. The van der Waals surface area contributed by atoms with E-state index in [1.54, 1.807) is 35.1 Å². The number of Topliss-reactive ketones (excluding diaryl/α,β-unsaturated/α-hetero) is 1. The molecular formula is C25H28FN3O4S. The number of carboxylic acids is 1. The number of aryl methyl sites for hydroxylation is 1. The zero-order valence-corrected chi connectivity index (χ0v) is 19.8. The van der Waals surface area contributed by atoms with Gasteiger partial charge in [0.05, 0.1) is 24.7 Å². The Bertz CT molecular complexity index is 1110. The summed E-state index contributed by atoms with van der Waals surface area (Å²) in [5.74, 6) is -1.24. The van der Waals surface area contributed by atoms with Gasteiger partial charge in [-0.1, -0.05) is 30.0 Å². The van der Waals surface area contributed by atoms with Crippen LogP contribution in [0.2, 0.25) is 0 Å². The number of hydrogen-bond donors (Lipinski definition) is 1. The minimum absolute atomic E-state index is 0.0102. The van der Waals surface area contributed by atoms with E-state index in [2.05, 4.69) is 5.10 Å². The third kappa shape index (κ3) is 6.01. The van der Waals surface area contributed by atoms with E-state index in [1.165, 1.54) is 24.8 Å². The number of halogens is 1. The maximum absolute atomic E-state index is 14.8. The van der Waals surface area contributed by atoms with Crippen LogP contribution < -0.4 is 0 Å². The highest BCUT2D eigenvalue weighted by atomic mass is 32.2. The molecule has 34 heavy (non-hydrogen) atoms. The Morgan fingerprint density at radius 3 is 2.68 bits per heavy atom. The molecule has 1 saturated carbocycles. The molecule has 1 aromatic heterocycles. The second-order valence-corrected chi connectivity index (χ2v) is 10.2. The average molecular weight is 486 g/mol. The number of carboxylic acid groups (broad SMARTS) is 1. The number of benzene rings is 1. The maximum Gasteiger partial charge on any atom is 0.305 e. The summed E-state index contributed by atoms with van der Waals surface area (Å²) in [7, 11) is 0. The molecule has 1 N–H and O–H groups in total. The summed E-state index contributed by atoms with van der Waals surface area (Å²) in [4.78, 5) is 38.0. The SMILES string of the molecule is CC(=O)S[C@@H]1CCN(C(C(=O)C2CC2)c2ccccc2F)C/C1=C\c1ccn(CCC(=O)O)n1. The predicted octanol–water partition coefficient (Wildman–Crippen LogP) is 3.95. The number of rotatable bonds is 9. The Morgan fingerprint density at radius 2 is 2.00 bits per heavy atom. The summed E-state index contributed by atoms with van der Waals surface area (Å²) in [5.41, 5.74) is 2.00. The van der Waals surface area contributed by atoms with Crippen LogP contribution in [0.25, 0.3) is 6.08 Å². The van der Waals surface area contributed by atoms with Crippen LogP contribution in [0.4, 0.5) is 4.39 Å². The van der Waals surface area contributed by atoms with E-state index >= 15 is 0 Å². The number of aromatic nitrogens is 2. The molecule has 180 valence electrons. The van der Waals surface area contributed by atoms with Gasteiger partial charge >= 0.3 is 5.97 Å². The maximum atomic E-state index is 14.8. The van der Waals surface area contributed by atoms with Crippen LogP contribution in [-0.4, -0.2) is 55.0 Å². The second kappa shape index (κ2) is 10.7. The summed E-state index contributed by atoms with van der Waals surface area (Å²) in [6.07, 6.45) is 5.94. The van der Waals surface area contributed by atoms with Crippen molar-refractivity contribution in [1.29, 1.82) is 0 Å². The lowest BCUT2D eigenvalue weighted by Crippen LogP contribution is -2.43. The van der Waals surface area contributed by atoms with Gasteiger partial charge in [0.1, 0.15) is 5.82 Å². The van der Waals surface area contributed by atoms with Gasteiger partial charge in [0, 0.05) is 42.9 Å². The van der Waals surface area contributed by atoms with E-state index in [9.17, 15) is 18.8 Å². The molecule has 2 fully saturated rings. The number of hydrogen-bond acceptors (Lipinski definition) is 6. The summed E-state index contributed by atoms with van der Waals surface area (Å²) in [6, 6.07) is 7.59. The summed E-state index contributed by atoms with van der Waals surface area (Å²) < 4.78 is 16.3. The van der Waals surface area contributed by atoms with Gasteiger partial charge in [0.25, 0.3) is 0 Å². The molecule has 0 amide bonds. The van der Waals surface area contributed by atoms with Gasteiger partial charge in [-0.15, -0.1) is 0 Å². The predicted molar refractivity (Wildman–Crippen MR) is 128 cm³/mol. The summed E-state index contributed by atoms with van der Waals surface area (Å²) in [6.45, 7) is 2.80. The lowest BCUT2D eigenvalue weighted by Gasteiger charge is -2.38. The number of aliphatic carboxylic acids is 1. The van der Waals surface area contributed by atoms with Gasteiger partial charge in [-0.25, -0.2) is 4.39 Å². The van der Waals surface area contributed by atoms with Crippen LogP contribution >= 0.6 is 11.8 Å². The first kappa shape index (κ1) is 24.3. The molecule has 1 aliphatic carbocycles. The van der Waals surface area contributed by atoms with Crippen molar-refractivity contribution in [3.05, 3.63) is 59.2 Å². The number of carbonyl (C=O) groups excluding carboxylic acids is 2. The number of likely N-dealkylation sites (tertiary alicyclic amines) is 1. The smallest absolute Gasteiger partial charge is 0.305 e. The van der Waals surface area contributed by atoms with Crippen LogP contribution in [-0.2, 0) is 20.9 Å². The van der Waals surface area contributed by atoms with E-state index < -0.39 is 12.0 Å². The number of carbonyl (C=O) groups is 3. The van der Waals surface area contributed by atoms with Crippen LogP contribution in [0, 0.1) is 11.7 Å². The van der Waals surface area contributed by atoms with Gasteiger partial charge in [-0.05, 0) is 43.0 Å². The van der Waals surface area contributed by atoms with Crippen molar-refractivity contribution in [1.82, 2.24) is 14.7 Å². The molecule has 0 bridgehead atoms. The molecule has 2 heterocycles. The Labute approximate surface area is 202 Å². The summed E-state index contributed by atoms with van der Waals surface area (Å²) in [5, 5.41) is 13.3. The Hall–Kier alpha value is -2.78. The summed E-state index contributed by atoms with van der Waals surface area (Å²) >= 11 is 1.26.